The zero-order valence-corrected chi connectivity index (χ0v) is 40.6. The number of H-pyrrole nitrogens is 1. The van der Waals surface area contributed by atoms with Crippen molar-refractivity contribution in [2.75, 3.05) is 11.9 Å². The van der Waals surface area contributed by atoms with Crippen molar-refractivity contribution < 1.29 is 42.2 Å². The van der Waals surface area contributed by atoms with Gasteiger partial charge in [-0.3, -0.25) is 28.7 Å². The Morgan fingerprint density at radius 2 is 1.46 bits per heavy atom. The van der Waals surface area contributed by atoms with Gasteiger partial charge in [0.25, 0.3) is 5.56 Å². The van der Waals surface area contributed by atoms with Crippen molar-refractivity contribution in [2.45, 2.75) is 148 Å². The molecule has 0 spiro atoms. The number of rotatable bonds is 11. The van der Waals surface area contributed by atoms with Crippen molar-refractivity contribution in [3.63, 3.8) is 0 Å². The Bertz CT molecular complexity index is 2630. The maximum atomic E-state index is 14.0. The third-order valence-electron chi connectivity index (χ3n) is 13.3. The molecule has 63 heavy (non-hydrogen) atoms. The van der Waals surface area contributed by atoms with Crippen LogP contribution in [0.4, 0.5) is 5.95 Å². The second kappa shape index (κ2) is 16.9. The van der Waals surface area contributed by atoms with E-state index in [-0.39, 0.29) is 33.3 Å². The van der Waals surface area contributed by atoms with Gasteiger partial charge in [-0.2, -0.15) is 4.98 Å². The van der Waals surface area contributed by atoms with E-state index >= 15 is 0 Å². The van der Waals surface area contributed by atoms with Crippen LogP contribution in [0.3, 0.4) is 0 Å². The van der Waals surface area contributed by atoms with Gasteiger partial charge in [-0.1, -0.05) is 90.1 Å². The first-order valence-corrected chi connectivity index (χ1v) is 27.3. The molecule has 2 aromatic heterocycles. The summed E-state index contributed by atoms with van der Waals surface area (Å²) in [5.74, 6) is -1.95. The average Bonchev–Trinajstić information content (AvgIpc) is 3.78. The molecule has 1 saturated heterocycles. The summed E-state index contributed by atoms with van der Waals surface area (Å²) in [5, 5.41) is 6.77. The van der Waals surface area contributed by atoms with E-state index in [1.807, 2.05) is 48.5 Å². The van der Waals surface area contributed by atoms with Crippen molar-refractivity contribution >= 4 is 73.2 Å². The Morgan fingerprint density at radius 3 is 2.11 bits per heavy atom. The lowest BCUT2D eigenvalue weighted by Gasteiger charge is -2.42. The van der Waals surface area contributed by atoms with Crippen LogP contribution < -0.4 is 10.9 Å². The van der Waals surface area contributed by atoms with Crippen LogP contribution >= 0.6 is 0 Å². The molecular weight excluding hydrogens is 839 g/mol. The lowest BCUT2D eigenvalue weighted by molar-refractivity contribution is -0.187. The lowest BCUT2D eigenvalue weighted by Crippen LogP contribution is -2.50. The van der Waals surface area contributed by atoms with Crippen molar-refractivity contribution in [1.29, 1.82) is 0 Å². The highest BCUT2D eigenvalue weighted by atomic mass is 28.4. The summed E-state index contributed by atoms with van der Waals surface area (Å²) >= 11 is 0. The first-order chi connectivity index (χ1) is 29.4. The van der Waals surface area contributed by atoms with Gasteiger partial charge in [-0.15, -0.1) is 0 Å². The second-order valence-electron chi connectivity index (χ2n) is 19.8. The van der Waals surface area contributed by atoms with Crippen LogP contribution in [0.5, 0.6) is 0 Å². The first-order valence-electron chi connectivity index (χ1n) is 21.5. The minimum Gasteiger partial charge on any atom is -0.456 e. The number of carbonyl (C=O) groups is 3. The van der Waals surface area contributed by atoms with Crippen LogP contribution in [-0.2, 0) is 42.2 Å². The van der Waals surface area contributed by atoms with Crippen LogP contribution in [0.1, 0.15) is 98.2 Å². The number of nitrogens with zero attached hydrogens (tertiary/aromatic N) is 3. The third-order valence-corrected chi connectivity index (χ3v) is 22.3. The van der Waals surface area contributed by atoms with Gasteiger partial charge in [-0.25, -0.2) is 4.98 Å². The Hall–Kier alpha value is -4.95. The van der Waals surface area contributed by atoms with E-state index in [9.17, 15) is 19.2 Å². The molecule has 1 aliphatic heterocycles. The molecule has 3 aromatic carbocycles. The van der Waals surface area contributed by atoms with E-state index in [2.05, 4.69) is 83.0 Å². The average molecular weight is 900 g/mol. The van der Waals surface area contributed by atoms with Gasteiger partial charge in [0.05, 0.1) is 25.1 Å². The minimum absolute atomic E-state index is 0.0119. The molecule has 2 aliphatic rings. The largest absolute Gasteiger partial charge is 0.456 e. The Balaban J connectivity index is 1.35. The predicted molar refractivity (Wildman–Crippen MR) is 245 cm³/mol. The summed E-state index contributed by atoms with van der Waals surface area (Å²) in [6.07, 6.45) is -2.99. The molecule has 5 aromatic rings. The summed E-state index contributed by atoms with van der Waals surface area (Å²) in [6.45, 7) is 26.2. The molecule has 17 heteroatoms. The number of nitrogens with one attached hydrogen (secondary N) is 2. The number of ether oxygens (including phenoxy) is 4. The zero-order chi connectivity index (χ0) is 46.0. The van der Waals surface area contributed by atoms with Crippen molar-refractivity contribution in [2.24, 2.45) is 0 Å². The lowest BCUT2D eigenvalue weighted by atomic mass is 9.77. The zero-order valence-electron chi connectivity index (χ0n) is 38.6. The van der Waals surface area contributed by atoms with E-state index < -0.39 is 76.8 Å². The normalized spacial score (nSPS) is 23.2. The van der Waals surface area contributed by atoms with E-state index in [0.29, 0.717) is 24.2 Å². The maximum absolute atomic E-state index is 14.0. The quantitative estimate of drug-likeness (QED) is 0.0556. The topological polar surface area (TPSA) is 182 Å². The first kappa shape index (κ1) is 46.1. The fraction of sp³-hybridized carbons (Fsp3) is 0.522. The highest BCUT2D eigenvalue weighted by molar-refractivity contribution is 6.74. The van der Waals surface area contributed by atoms with Gasteiger partial charge < -0.3 is 33.1 Å². The molecular formula is C46H61N5O10Si2. The number of hydrogen-bond donors (Lipinski definition) is 2. The molecule has 0 bridgehead atoms. The van der Waals surface area contributed by atoms with Gasteiger partial charge >= 0.3 is 17.9 Å². The van der Waals surface area contributed by atoms with Crippen LogP contribution in [0.25, 0.3) is 32.7 Å². The Labute approximate surface area is 369 Å². The Kier molecular flexibility index (Phi) is 12.3. The summed E-state index contributed by atoms with van der Waals surface area (Å²) < 4.78 is 40.1. The minimum atomic E-state index is -2.27. The molecule has 338 valence electrons. The predicted octanol–water partition coefficient (Wildman–Crippen LogP) is 8.76. The fourth-order valence-electron chi connectivity index (χ4n) is 8.10. The number of aromatic amines is 1. The van der Waals surface area contributed by atoms with Crippen molar-refractivity contribution in [1.82, 2.24) is 19.5 Å². The third kappa shape index (κ3) is 9.07. The van der Waals surface area contributed by atoms with Crippen LogP contribution in [0, 0.1) is 0 Å². The Morgan fingerprint density at radius 1 is 0.841 bits per heavy atom. The van der Waals surface area contributed by atoms with Crippen molar-refractivity contribution in [3.8, 4) is 0 Å². The number of fused-ring (bicyclic) bond motifs is 6. The number of hydrogen-bond acceptors (Lipinski definition) is 13. The van der Waals surface area contributed by atoms with E-state index in [4.69, 9.17) is 32.8 Å². The van der Waals surface area contributed by atoms with Gasteiger partial charge in [0.1, 0.15) is 12.3 Å². The molecule has 7 atom stereocenters. The molecule has 1 fully saturated rings. The van der Waals surface area contributed by atoms with Gasteiger partial charge in [0, 0.05) is 32.8 Å². The number of esters is 3. The van der Waals surface area contributed by atoms with E-state index in [0.717, 1.165) is 21.5 Å². The molecule has 0 radical (unpaired) electrons. The molecule has 3 heterocycles. The molecule has 0 amide bonds. The molecule has 0 unspecified atom stereocenters. The van der Waals surface area contributed by atoms with Crippen LogP contribution in [0.15, 0.2) is 59.7 Å². The molecule has 2 N–H and O–H groups in total. The fourth-order valence-corrected chi connectivity index (χ4v) is 10.5. The summed E-state index contributed by atoms with van der Waals surface area (Å²) in [4.78, 5) is 64.7. The molecule has 0 saturated carbocycles. The summed E-state index contributed by atoms with van der Waals surface area (Å²) in [5.41, 5.74) is 0.949. The summed E-state index contributed by atoms with van der Waals surface area (Å²) in [6, 6.07) is 14.5. The maximum Gasteiger partial charge on any atom is 0.303 e. The van der Waals surface area contributed by atoms with Crippen LogP contribution in [-0.4, -0.2) is 85.1 Å². The monoisotopic (exact) mass is 899 g/mol. The highest BCUT2D eigenvalue weighted by Gasteiger charge is 2.51. The summed E-state index contributed by atoms with van der Waals surface area (Å²) in [7, 11) is -4.43. The van der Waals surface area contributed by atoms with Crippen molar-refractivity contribution in [3.05, 3.63) is 76.3 Å². The van der Waals surface area contributed by atoms with Gasteiger partial charge in [-0.05, 0) is 63.4 Å². The SMILES string of the molecule is CC(=O)O[C@H]1[C@H](OC(C)=O)[C@@H](OC(C)=O)c2ccc3ccc4ccccc4c3c2[C@H]1Nc1nc2c(ncn2[C@H]2C[C@H](O[Si](C)(C)C(C)(C)C)[C@@H](CO[Si](C)(C)C(C)(C)C)O2)c(=O)[nH]1. The number of imidazole rings is 1. The second-order valence-corrected chi connectivity index (χ2v) is 29.4. The number of carbonyl (C=O) groups excluding carboxylic acids is 3. The number of benzene rings is 3. The number of anilines is 1. The van der Waals surface area contributed by atoms with E-state index in [1.54, 1.807) is 10.9 Å². The van der Waals surface area contributed by atoms with Gasteiger partial charge in [0.15, 0.2) is 46.1 Å². The smallest absolute Gasteiger partial charge is 0.303 e. The molecule has 7 rings (SSSR count). The standard InChI is InChI=1S/C46H61N5O10Si2/c1-25(52)57-39-31-21-20-29-19-18-28-16-14-15-17-30(28)35(29)36(31)37(40(58-26(2)53)41(39)59-27(3)54)48-44-49-42-38(43(55)50-44)47-24-51(42)34-22-32(61-63(12,13)46(7,8)9)33(60-34)23-56-62(10,11)45(4,5)6/h14-21,24,32-34,37,39-41H,22-23H2,1-13H3,(H2,48,49,50,55)/t32-,33+,34+,37+,39-,40+,41+/m0/s1. The highest BCUT2D eigenvalue weighted by Crippen LogP contribution is 2.48. The van der Waals surface area contributed by atoms with Gasteiger partial charge in [0.2, 0.25) is 5.95 Å². The van der Waals surface area contributed by atoms with Crippen LogP contribution in [0.2, 0.25) is 36.3 Å². The molecule has 15 nitrogen and oxygen atoms in total. The van der Waals surface area contributed by atoms with E-state index in [1.165, 1.54) is 20.8 Å². The molecule has 1 aliphatic carbocycles. The number of aromatic nitrogens is 4.